The number of hydrogen-bond donors (Lipinski definition) is 2. The minimum Gasteiger partial charge on any atom is -0.367 e. The Morgan fingerprint density at radius 2 is 1.50 bits per heavy atom. The SMILES string of the molecule is C[C@H](NC(=O)c1ccccc1NC(=O)c1ccc(CN2CCc3ccccc32)cc1)c1ccccc1. The molecule has 2 amide bonds. The highest BCUT2D eigenvalue weighted by Gasteiger charge is 2.19. The van der Waals surface area contributed by atoms with Crippen molar-refractivity contribution in [3.8, 4) is 0 Å². The smallest absolute Gasteiger partial charge is 0.255 e. The third-order valence-electron chi connectivity index (χ3n) is 6.64. The van der Waals surface area contributed by atoms with E-state index in [4.69, 9.17) is 0 Å². The molecule has 0 fully saturated rings. The Kier molecular flexibility index (Phi) is 6.80. The van der Waals surface area contributed by atoms with Crippen LogP contribution in [0.25, 0.3) is 0 Å². The van der Waals surface area contributed by atoms with Crippen molar-refractivity contribution in [3.63, 3.8) is 0 Å². The van der Waals surface area contributed by atoms with Crippen molar-refractivity contribution < 1.29 is 9.59 Å². The lowest BCUT2D eigenvalue weighted by Gasteiger charge is -2.19. The molecule has 2 N–H and O–H groups in total. The molecule has 0 saturated heterocycles. The fourth-order valence-corrected chi connectivity index (χ4v) is 4.64. The van der Waals surface area contributed by atoms with Crippen LogP contribution < -0.4 is 15.5 Å². The van der Waals surface area contributed by atoms with Gasteiger partial charge in [-0.3, -0.25) is 9.59 Å². The summed E-state index contributed by atoms with van der Waals surface area (Å²) < 4.78 is 0. The molecule has 5 rings (SSSR count). The average molecular weight is 476 g/mol. The molecule has 36 heavy (non-hydrogen) atoms. The van der Waals surface area contributed by atoms with Crippen molar-refractivity contribution in [3.05, 3.63) is 131 Å². The minimum absolute atomic E-state index is 0.155. The Balaban J connectivity index is 1.24. The van der Waals surface area contributed by atoms with Gasteiger partial charge in [-0.25, -0.2) is 0 Å². The van der Waals surface area contributed by atoms with Gasteiger partial charge in [0, 0.05) is 24.3 Å². The molecule has 0 spiro atoms. The normalized spacial score (nSPS) is 13.1. The maximum Gasteiger partial charge on any atom is 0.255 e. The van der Waals surface area contributed by atoms with Gasteiger partial charge in [0.25, 0.3) is 11.8 Å². The summed E-state index contributed by atoms with van der Waals surface area (Å²) in [4.78, 5) is 28.4. The molecule has 0 saturated carbocycles. The molecule has 4 aromatic carbocycles. The Labute approximate surface area is 211 Å². The van der Waals surface area contributed by atoms with Gasteiger partial charge in [-0.2, -0.15) is 0 Å². The van der Waals surface area contributed by atoms with Crippen molar-refractivity contribution in [2.24, 2.45) is 0 Å². The standard InChI is InChI=1S/C31H29N3O2/c1-22(24-9-3-2-4-10-24)32-31(36)27-12-6-7-13-28(27)33-30(35)26-17-15-23(16-18-26)21-34-20-19-25-11-5-8-14-29(25)34/h2-18,22H,19-21H2,1H3,(H,32,36)(H,33,35)/t22-/m0/s1. The maximum atomic E-state index is 13.0. The summed E-state index contributed by atoms with van der Waals surface area (Å²) in [5.41, 5.74) is 6.30. The molecule has 0 unspecified atom stereocenters. The third-order valence-corrected chi connectivity index (χ3v) is 6.64. The lowest BCUT2D eigenvalue weighted by molar-refractivity contribution is 0.0940. The quantitative estimate of drug-likeness (QED) is 0.345. The van der Waals surface area contributed by atoms with Gasteiger partial charge in [0.1, 0.15) is 0 Å². The molecule has 1 aliphatic rings. The Morgan fingerprint density at radius 3 is 2.31 bits per heavy atom. The van der Waals surface area contributed by atoms with E-state index in [0.717, 1.165) is 30.6 Å². The van der Waals surface area contributed by atoms with Crippen molar-refractivity contribution >= 4 is 23.2 Å². The molecule has 0 radical (unpaired) electrons. The molecular weight excluding hydrogens is 446 g/mol. The molecule has 5 nitrogen and oxygen atoms in total. The summed E-state index contributed by atoms with van der Waals surface area (Å²) in [5.74, 6) is -0.479. The van der Waals surface area contributed by atoms with Gasteiger partial charge in [-0.1, -0.05) is 72.8 Å². The van der Waals surface area contributed by atoms with Gasteiger partial charge in [-0.15, -0.1) is 0 Å². The molecule has 0 aromatic heterocycles. The van der Waals surface area contributed by atoms with Gasteiger partial charge in [-0.05, 0) is 60.4 Å². The molecule has 180 valence electrons. The number of carbonyl (C=O) groups is 2. The first kappa shape index (κ1) is 23.4. The summed E-state index contributed by atoms with van der Waals surface area (Å²) in [5, 5.41) is 5.94. The van der Waals surface area contributed by atoms with E-state index in [2.05, 4.69) is 39.8 Å². The van der Waals surface area contributed by atoms with Gasteiger partial charge in [0.15, 0.2) is 0 Å². The highest BCUT2D eigenvalue weighted by atomic mass is 16.2. The van der Waals surface area contributed by atoms with E-state index in [9.17, 15) is 9.59 Å². The van der Waals surface area contributed by atoms with E-state index in [0.29, 0.717) is 16.8 Å². The summed E-state index contributed by atoms with van der Waals surface area (Å²) in [6.07, 6.45) is 1.06. The number of benzene rings is 4. The molecule has 5 heteroatoms. The maximum absolute atomic E-state index is 13.0. The summed E-state index contributed by atoms with van der Waals surface area (Å²) in [6.45, 7) is 3.75. The lowest BCUT2D eigenvalue weighted by atomic mass is 10.1. The molecule has 1 atom stereocenters. The first-order chi connectivity index (χ1) is 17.6. The van der Waals surface area contributed by atoms with Crippen molar-refractivity contribution in [2.75, 3.05) is 16.8 Å². The number of nitrogens with one attached hydrogen (secondary N) is 2. The van der Waals surface area contributed by atoms with Crippen LogP contribution in [0, 0.1) is 0 Å². The Morgan fingerprint density at radius 1 is 0.806 bits per heavy atom. The molecule has 4 aromatic rings. The zero-order valence-electron chi connectivity index (χ0n) is 20.3. The minimum atomic E-state index is -0.246. The fourth-order valence-electron chi connectivity index (χ4n) is 4.64. The molecule has 0 bridgehead atoms. The number of nitrogens with zero attached hydrogens (tertiary/aromatic N) is 1. The largest absolute Gasteiger partial charge is 0.367 e. The van der Waals surface area contributed by atoms with E-state index >= 15 is 0 Å². The van der Waals surface area contributed by atoms with Gasteiger partial charge >= 0.3 is 0 Å². The molecule has 1 heterocycles. The van der Waals surface area contributed by atoms with E-state index in [1.807, 2.05) is 67.6 Å². The van der Waals surface area contributed by atoms with Crippen LogP contribution in [-0.4, -0.2) is 18.4 Å². The van der Waals surface area contributed by atoms with Crippen LogP contribution in [0.3, 0.4) is 0 Å². The summed E-state index contributed by atoms with van der Waals surface area (Å²) in [7, 11) is 0. The monoisotopic (exact) mass is 475 g/mol. The van der Waals surface area contributed by atoms with E-state index < -0.39 is 0 Å². The lowest BCUT2D eigenvalue weighted by Crippen LogP contribution is -2.28. The van der Waals surface area contributed by atoms with Crippen LogP contribution in [0.4, 0.5) is 11.4 Å². The average Bonchev–Trinajstić information content (AvgIpc) is 3.32. The number of amides is 2. The summed E-state index contributed by atoms with van der Waals surface area (Å²) >= 11 is 0. The second kappa shape index (κ2) is 10.5. The Hall–Kier alpha value is -4.38. The van der Waals surface area contributed by atoms with Crippen LogP contribution >= 0.6 is 0 Å². The predicted molar refractivity (Wildman–Crippen MR) is 144 cm³/mol. The zero-order chi connectivity index (χ0) is 24.9. The van der Waals surface area contributed by atoms with Crippen LogP contribution in [-0.2, 0) is 13.0 Å². The van der Waals surface area contributed by atoms with E-state index in [1.54, 1.807) is 18.2 Å². The summed E-state index contributed by atoms with van der Waals surface area (Å²) in [6, 6.07) is 32.9. The topological polar surface area (TPSA) is 61.4 Å². The van der Waals surface area contributed by atoms with Crippen LogP contribution in [0.2, 0.25) is 0 Å². The number of rotatable bonds is 7. The van der Waals surface area contributed by atoms with Crippen molar-refractivity contribution in [1.82, 2.24) is 5.32 Å². The number of anilines is 2. The van der Waals surface area contributed by atoms with Gasteiger partial charge in [0.05, 0.1) is 17.3 Å². The van der Waals surface area contributed by atoms with Crippen molar-refractivity contribution in [2.45, 2.75) is 25.9 Å². The first-order valence-corrected chi connectivity index (χ1v) is 12.3. The fraction of sp³-hybridized carbons (Fsp3) is 0.161. The molecular formula is C31H29N3O2. The number of fused-ring (bicyclic) bond motifs is 1. The molecule has 1 aliphatic heterocycles. The van der Waals surface area contributed by atoms with Gasteiger partial charge in [0.2, 0.25) is 0 Å². The van der Waals surface area contributed by atoms with Crippen LogP contribution in [0.1, 0.15) is 50.4 Å². The van der Waals surface area contributed by atoms with E-state index in [1.165, 1.54) is 11.3 Å². The first-order valence-electron chi connectivity index (χ1n) is 12.3. The number of hydrogen-bond acceptors (Lipinski definition) is 3. The highest BCUT2D eigenvalue weighted by Crippen LogP contribution is 2.29. The van der Waals surface area contributed by atoms with Crippen LogP contribution in [0.15, 0.2) is 103 Å². The Bertz CT molecular complexity index is 1370. The second-order valence-electron chi connectivity index (χ2n) is 9.10. The highest BCUT2D eigenvalue weighted by molar-refractivity contribution is 6.09. The number of carbonyl (C=O) groups excluding carboxylic acids is 2. The van der Waals surface area contributed by atoms with Gasteiger partial charge < -0.3 is 15.5 Å². The van der Waals surface area contributed by atoms with Crippen LogP contribution in [0.5, 0.6) is 0 Å². The second-order valence-corrected chi connectivity index (χ2v) is 9.10. The third kappa shape index (κ3) is 5.15. The van der Waals surface area contributed by atoms with Crippen molar-refractivity contribution in [1.29, 1.82) is 0 Å². The molecule has 0 aliphatic carbocycles. The van der Waals surface area contributed by atoms with E-state index in [-0.39, 0.29) is 17.9 Å². The number of para-hydroxylation sites is 2. The zero-order valence-corrected chi connectivity index (χ0v) is 20.3. The predicted octanol–water partition coefficient (Wildman–Crippen LogP) is 5.99.